The molecule has 0 aliphatic heterocycles. The minimum absolute atomic E-state index is 0.608. The number of methoxy groups -OCH3 is 1. The van der Waals surface area contributed by atoms with Gasteiger partial charge in [0.1, 0.15) is 0 Å². The van der Waals surface area contributed by atoms with Crippen molar-refractivity contribution < 1.29 is 4.74 Å². The minimum Gasteiger partial charge on any atom is -0.384 e. The summed E-state index contributed by atoms with van der Waals surface area (Å²) in [6.07, 6.45) is 13.5. The fourth-order valence-electron chi connectivity index (χ4n) is 1.77. The van der Waals surface area contributed by atoms with Crippen LogP contribution in [-0.4, -0.2) is 13.7 Å². The van der Waals surface area contributed by atoms with Crippen LogP contribution in [0.5, 0.6) is 0 Å². The second-order valence-electron chi connectivity index (χ2n) is 4.48. The first kappa shape index (κ1) is 12.3. The van der Waals surface area contributed by atoms with Gasteiger partial charge in [-0.25, -0.2) is 0 Å². The molecule has 1 aliphatic carbocycles. The molecule has 0 N–H and O–H groups in total. The Morgan fingerprint density at radius 3 is 3.07 bits per heavy atom. The van der Waals surface area contributed by atoms with E-state index in [1.54, 1.807) is 7.11 Å². The molecule has 1 nitrogen and oxygen atoms in total. The van der Waals surface area contributed by atoms with Crippen LogP contribution in [0.4, 0.5) is 0 Å². The quantitative estimate of drug-likeness (QED) is 0.666. The van der Waals surface area contributed by atoms with Crippen LogP contribution in [0.25, 0.3) is 0 Å². The zero-order chi connectivity index (χ0) is 11.1. The summed E-state index contributed by atoms with van der Waals surface area (Å²) in [5, 5.41) is 0. The summed E-state index contributed by atoms with van der Waals surface area (Å²) in [4.78, 5) is 0. The molecule has 0 aromatic rings. The van der Waals surface area contributed by atoms with Gasteiger partial charge in [0, 0.05) is 13.7 Å². The highest BCUT2D eigenvalue weighted by molar-refractivity contribution is 5.33. The van der Waals surface area contributed by atoms with Crippen LogP contribution >= 0.6 is 0 Å². The van der Waals surface area contributed by atoms with E-state index in [9.17, 15) is 0 Å². The maximum atomic E-state index is 5.10. The van der Waals surface area contributed by atoms with E-state index < -0.39 is 0 Å². The number of ether oxygens (including phenoxy) is 1. The molecule has 15 heavy (non-hydrogen) atoms. The summed E-state index contributed by atoms with van der Waals surface area (Å²) >= 11 is 0. The number of allylic oxidation sites excluding steroid dienone is 6. The van der Waals surface area contributed by atoms with Crippen molar-refractivity contribution in [2.75, 3.05) is 13.7 Å². The van der Waals surface area contributed by atoms with Gasteiger partial charge in [-0.1, -0.05) is 44.2 Å². The molecule has 0 radical (unpaired) electrons. The Morgan fingerprint density at radius 2 is 2.40 bits per heavy atom. The molecule has 1 heteroatoms. The Bertz CT molecular complexity index is 261. The van der Waals surface area contributed by atoms with E-state index in [0.29, 0.717) is 11.8 Å². The van der Waals surface area contributed by atoms with E-state index in [-0.39, 0.29) is 0 Å². The Morgan fingerprint density at radius 1 is 1.60 bits per heavy atom. The lowest BCUT2D eigenvalue weighted by atomic mass is 9.97. The third-order valence-corrected chi connectivity index (χ3v) is 2.60. The van der Waals surface area contributed by atoms with Crippen molar-refractivity contribution in [2.24, 2.45) is 11.8 Å². The smallest absolute Gasteiger partial charge is 0.0490 e. The van der Waals surface area contributed by atoms with Gasteiger partial charge in [-0.3, -0.25) is 0 Å². The SMILES string of the molecule is COC[C@H](C)C/C=C/C1=CC(C)CC=C1. The second-order valence-corrected chi connectivity index (χ2v) is 4.48. The summed E-state index contributed by atoms with van der Waals surface area (Å²) < 4.78 is 5.10. The second kappa shape index (κ2) is 6.62. The van der Waals surface area contributed by atoms with Crippen LogP contribution in [0.2, 0.25) is 0 Å². The lowest BCUT2D eigenvalue weighted by molar-refractivity contribution is 0.161. The molecule has 2 atom stereocenters. The molecule has 0 bridgehead atoms. The van der Waals surface area contributed by atoms with Crippen molar-refractivity contribution in [2.45, 2.75) is 26.7 Å². The molecule has 0 saturated heterocycles. The number of hydrogen-bond acceptors (Lipinski definition) is 1. The van der Waals surface area contributed by atoms with Crippen molar-refractivity contribution in [3.8, 4) is 0 Å². The van der Waals surface area contributed by atoms with E-state index in [1.807, 2.05) is 0 Å². The van der Waals surface area contributed by atoms with Crippen LogP contribution < -0.4 is 0 Å². The summed E-state index contributed by atoms with van der Waals surface area (Å²) in [5.41, 5.74) is 1.35. The summed E-state index contributed by atoms with van der Waals surface area (Å²) in [5.74, 6) is 1.29. The predicted octanol–water partition coefficient (Wildman–Crippen LogP) is 3.74. The molecule has 0 fully saturated rings. The van der Waals surface area contributed by atoms with Crippen LogP contribution in [0.1, 0.15) is 26.7 Å². The van der Waals surface area contributed by atoms with Crippen molar-refractivity contribution in [1.29, 1.82) is 0 Å². The molecule has 1 rings (SSSR count). The van der Waals surface area contributed by atoms with Crippen LogP contribution in [-0.2, 0) is 4.74 Å². The maximum absolute atomic E-state index is 5.10. The van der Waals surface area contributed by atoms with E-state index in [1.165, 1.54) is 12.0 Å². The van der Waals surface area contributed by atoms with E-state index in [4.69, 9.17) is 4.74 Å². The topological polar surface area (TPSA) is 9.23 Å². The molecule has 1 aliphatic rings. The maximum Gasteiger partial charge on any atom is 0.0490 e. The van der Waals surface area contributed by atoms with Crippen molar-refractivity contribution in [3.05, 3.63) is 36.0 Å². The largest absolute Gasteiger partial charge is 0.384 e. The van der Waals surface area contributed by atoms with Gasteiger partial charge in [0.2, 0.25) is 0 Å². The summed E-state index contributed by atoms with van der Waals surface area (Å²) in [6, 6.07) is 0. The first-order chi connectivity index (χ1) is 7.22. The monoisotopic (exact) mass is 206 g/mol. The highest BCUT2D eigenvalue weighted by Crippen LogP contribution is 2.17. The van der Waals surface area contributed by atoms with Gasteiger partial charge in [0.25, 0.3) is 0 Å². The zero-order valence-electron chi connectivity index (χ0n) is 10.1. The standard InChI is InChI=1S/C14H22O/c1-12-6-4-8-14(10-12)9-5-7-13(2)11-15-3/h4-5,8-10,12-13H,6-7,11H2,1-3H3/b9-5+/t12?,13-/m1/s1. The third-order valence-electron chi connectivity index (χ3n) is 2.60. The lowest BCUT2D eigenvalue weighted by Gasteiger charge is -2.09. The minimum atomic E-state index is 0.608. The predicted molar refractivity (Wildman–Crippen MR) is 65.8 cm³/mol. The molecular weight excluding hydrogens is 184 g/mol. The molecule has 1 unspecified atom stereocenters. The van der Waals surface area contributed by atoms with Gasteiger partial charge in [-0.2, -0.15) is 0 Å². The molecule has 0 aromatic carbocycles. The van der Waals surface area contributed by atoms with Crippen molar-refractivity contribution in [1.82, 2.24) is 0 Å². The number of rotatable bonds is 5. The van der Waals surface area contributed by atoms with Gasteiger partial charge in [0.05, 0.1) is 0 Å². The molecule has 84 valence electrons. The molecule has 0 heterocycles. The number of hydrogen-bond donors (Lipinski definition) is 0. The average Bonchev–Trinajstić information content (AvgIpc) is 2.18. The van der Waals surface area contributed by atoms with Crippen LogP contribution in [0.15, 0.2) is 36.0 Å². The Kier molecular flexibility index (Phi) is 5.41. The highest BCUT2D eigenvalue weighted by atomic mass is 16.5. The first-order valence-electron chi connectivity index (χ1n) is 5.76. The highest BCUT2D eigenvalue weighted by Gasteiger charge is 2.01. The van der Waals surface area contributed by atoms with E-state index >= 15 is 0 Å². The third kappa shape index (κ3) is 4.98. The first-order valence-corrected chi connectivity index (χ1v) is 5.76. The van der Waals surface area contributed by atoms with Gasteiger partial charge in [-0.05, 0) is 30.3 Å². The van der Waals surface area contributed by atoms with E-state index in [0.717, 1.165) is 13.0 Å². The van der Waals surface area contributed by atoms with Crippen molar-refractivity contribution >= 4 is 0 Å². The average molecular weight is 206 g/mol. The molecule has 0 aromatic heterocycles. The van der Waals surface area contributed by atoms with Gasteiger partial charge in [0.15, 0.2) is 0 Å². The lowest BCUT2D eigenvalue weighted by Crippen LogP contribution is -2.01. The fourth-order valence-corrected chi connectivity index (χ4v) is 1.77. The van der Waals surface area contributed by atoms with E-state index in [2.05, 4.69) is 44.2 Å². The molecule has 0 amide bonds. The Labute approximate surface area is 93.5 Å². The summed E-state index contributed by atoms with van der Waals surface area (Å²) in [7, 11) is 1.76. The Balaban J connectivity index is 2.34. The van der Waals surface area contributed by atoms with Gasteiger partial charge < -0.3 is 4.74 Å². The van der Waals surface area contributed by atoms with Crippen molar-refractivity contribution in [3.63, 3.8) is 0 Å². The molecular formula is C14H22O. The van der Waals surface area contributed by atoms with Gasteiger partial charge >= 0.3 is 0 Å². The summed E-state index contributed by atoms with van der Waals surface area (Å²) in [6.45, 7) is 5.31. The van der Waals surface area contributed by atoms with Crippen LogP contribution in [0.3, 0.4) is 0 Å². The molecule has 0 saturated carbocycles. The van der Waals surface area contributed by atoms with Gasteiger partial charge in [-0.15, -0.1) is 0 Å². The normalized spacial score (nSPS) is 23.1. The Hall–Kier alpha value is -0.820. The molecule has 0 spiro atoms. The zero-order valence-corrected chi connectivity index (χ0v) is 10.1. The fraction of sp³-hybridized carbons (Fsp3) is 0.571. The van der Waals surface area contributed by atoms with Crippen LogP contribution in [0, 0.1) is 11.8 Å².